The maximum Gasteiger partial charge on any atom is 0.267 e. The molecule has 15 heavy (non-hydrogen) atoms. The molecule has 84 valence electrons. The average molecular weight is 276 g/mol. The molecule has 0 aliphatic heterocycles. The van der Waals surface area contributed by atoms with Crippen LogP contribution < -0.4 is 10.9 Å². The van der Waals surface area contributed by atoms with E-state index in [0.29, 0.717) is 10.3 Å². The minimum absolute atomic E-state index is 0.169. The average Bonchev–Trinajstić information content (AvgIpc) is 2.22. The van der Waals surface area contributed by atoms with Crippen LogP contribution in [0.15, 0.2) is 15.6 Å². The van der Waals surface area contributed by atoms with E-state index in [9.17, 15) is 4.79 Å². The highest BCUT2D eigenvalue weighted by atomic mass is 79.9. The summed E-state index contributed by atoms with van der Waals surface area (Å²) in [5, 5.41) is 11.8. The lowest BCUT2D eigenvalue weighted by Gasteiger charge is -2.14. The molecule has 1 unspecified atom stereocenters. The molecule has 0 aliphatic carbocycles. The number of aliphatic hydroxyl groups excluding tert-OH is 1. The van der Waals surface area contributed by atoms with Crippen LogP contribution in [0.1, 0.15) is 19.8 Å². The molecular formula is C9H14BrN3O2. The van der Waals surface area contributed by atoms with Gasteiger partial charge in [-0.15, -0.1) is 0 Å². The second-order valence-electron chi connectivity index (χ2n) is 3.31. The minimum atomic E-state index is -0.207. The van der Waals surface area contributed by atoms with Gasteiger partial charge in [-0.05, 0) is 35.7 Å². The summed E-state index contributed by atoms with van der Waals surface area (Å²) >= 11 is 3.16. The molecule has 1 aromatic heterocycles. The van der Waals surface area contributed by atoms with Crippen molar-refractivity contribution in [2.24, 2.45) is 0 Å². The van der Waals surface area contributed by atoms with Crippen LogP contribution in [0.25, 0.3) is 0 Å². The van der Waals surface area contributed by atoms with Crippen LogP contribution in [0.5, 0.6) is 0 Å². The van der Waals surface area contributed by atoms with Gasteiger partial charge in [-0.2, -0.15) is 0 Å². The molecule has 1 heterocycles. The first-order valence-electron chi connectivity index (χ1n) is 4.75. The zero-order chi connectivity index (χ0) is 11.3. The van der Waals surface area contributed by atoms with E-state index in [2.05, 4.69) is 31.2 Å². The normalized spacial score (nSPS) is 12.5. The van der Waals surface area contributed by atoms with Crippen molar-refractivity contribution in [3.8, 4) is 0 Å². The van der Waals surface area contributed by atoms with Crippen LogP contribution in [-0.4, -0.2) is 27.7 Å². The summed E-state index contributed by atoms with van der Waals surface area (Å²) in [5.41, 5.74) is -0.207. The summed E-state index contributed by atoms with van der Waals surface area (Å²) < 4.78 is 0.404. The van der Waals surface area contributed by atoms with Crippen molar-refractivity contribution in [2.45, 2.75) is 25.8 Å². The molecule has 3 N–H and O–H groups in total. The number of aromatic amines is 1. The van der Waals surface area contributed by atoms with E-state index in [1.165, 1.54) is 6.33 Å². The summed E-state index contributed by atoms with van der Waals surface area (Å²) in [6.07, 6.45) is 2.92. The fourth-order valence-electron chi connectivity index (χ4n) is 1.19. The Morgan fingerprint density at radius 1 is 1.73 bits per heavy atom. The number of H-pyrrole nitrogens is 1. The molecule has 0 amide bonds. The van der Waals surface area contributed by atoms with E-state index in [-0.39, 0.29) is 18.2 Å². The van der Waals surface area contributed by atoms with E-state index in [1.807, 2.05) is 6.92 Å². The molecule has 1 atom stereocenters. The molecule has 6 heteroatoms. The first-order valence-corrected chi connectivity index (χ1v) is 5.55. The number of aromatic nitrogens is 2. The van der Waals surface area contributed by atoms with Crippen LogP contribution >= 0.6 is 15.9 Å². The lowest BCUT2D eigenvalue weighted by molar-refractivity contribution is 0.282. The molecule has 0 aromatic carbocycles. The highest BCUT2D eigenvalue weighted by molar-refractivity contribution is 9.10. The Bertz CT molecular complexity index is 367. The number of hydrogen-bond acceptors (Lipinski definition) is 4. The van der Waals surface area contributed by atoms with Gasteiger partial charge in [-0.25, -0.2) is 4.98 Å². The molecule has 0 radical (unpaired) electrons. The van der Waals surface area contributed by atoms with Gasteiger partial charge in [-0.3, -0.25) is 4.79 Å². The molecule has 0 spiro atoms. The largest absolute Gasteiger partial charge is 0.396 e. The highest BCUT2D eigenvalue weighted by Crippen LogP contribution is 2.15. The standard InChI is InChI=1S/C9H14BrN3O2/c1-6(3-2-4-14)13-8-7(10)9(15)12-5-11-8/h5-6,14H,2-4H2,1H3,(H2,11,12,13,15). The Balaban J connectivity index is 2.64. The quantitative estimate of drug-likeness (QED) is 0.752. The van der Waals surface area contributed by atoms with Gasteiger partial charge in [0.05, 0.1) is 6.33 Å². The summed E-state index contributed by atoms with van der Waals surface area (Å²) in [7, 11) is 0. The first kappa shape index (κ1) is 12.2. The van der Waals surface area contributed by atoms with Gasteiger partial charge in [0.25, 0.3) is 5.56 Å². The maximum absolute atomic E-state index is 11.2. The zero-order valence-electron chi connectivity index (χ0n) is 8.46. The van der Waals surface area contributed by atoms with E-state index in [0.717, 1.165) is 12.8 Å². The predicted molar refractivity (Wildman–Crippen MR) is 62.0 cm³/mol. The van der Waals surface area contributed by atoms with Gasteiger partial charge in [0.15, 0.2) is 0 Å². The van der Waals surface area contributed by atoms with Crippen LogP contribution in [0.4, 0.5) is 5.82 Å². The SMILES string of the molecule is CC(CCCO)Nc1nc[nH]c(=O)c1Br. The summed E-state index contributed by atoms with van der Waals surface area (Å²) in [5.74, 6) is 0.532. The van der Waals surface area contributed by atoms with Crippen molar-refractivity contribution in [3.05, 3.63) is 21.2 Å². The Kier molecular flexibility index (Phi) is 4.77. The lowest BCUT2D eigenvalue weighted by Crippen LogP contribution is -2.19. The smallest absolute Gasteiger partial charge is 0.267 e. The molecule has 0 fully saturated rings. The van der Waals surface area contributed by atoms with Gasteiger partial charge < -0.3 is 15.4 Å². The fraction of sp³-hybridized carbons (Fsp3) is 0.556. The number of rotatable bonds is 5. The number of halogens is 1. The molecule has 0 saturated carbocycles. The highest BCUT2D eigenvalue weighted by Gasteiger charge is 2.08. The molecular weight excluding hydrogens is 262 g/mol. The van der Waals surface area contributed by atoms with E-state index < -0.39 is 0 Å². The second kappa shape index (κ2) is 5.87. The summed E-state index contributed by atoms with van der Waals surface area (Å²) in [4.78, 5) is 17.7. The topological polar surface area (TPSA) is 78.0 Å². The van der Waals surface area contributed by atoms with E-state index >= 15 is 0 Å². The summed E-state index contributed by atoms with van der Waals surface area (Å²) in [6, 6.07) is 0.169. The van der Waals surface area contributed by atoms with Gasteiger partial charge in [0, 0.05) is 12.6 Å². The monoisotopic (exact) mass is 275 g/mol. The van der Waals surface area contributed by atoms with Crippen LogP contribution in [-0.2, 0) is 0 Å². The van der Waals surface area contributed by atoms with Crippen molar-refractivity contribution in [1.29, 1.82) is 0 Å². The number of nitrogens with zero attached hydrogens (tertiary/aromatic N) is 1. The number of nitrogens with one attached hydrogen (secondary N) is 2. The maximum atomic E-state index is 11.2. The zero-order valence-corrected chi connectivity index (χ0v) is 10.0. The van der Waals surface area contributed by atoms with E-state index in [1.54, 1.807) is 0 Å². The Hall–Kier alpha value is -0.880. The van der Waals surface area contributed by atoms with E-state index in [4.69, 9.17) is 5.11 Å². The number of hydrogen-bond donors (Lipinski definition) is 3. The molecule has 0 saturated heterocycles. The van der Waals surface area contributed by atoms with Gasteiger partial charge in [0.2, 0.25) is 0 Å². The minimum Gasteiger partial charge on any atom is -0.396 e. The van der Waals surface area contributed by atoms with Crippen molar-refractivity contribution < 1.29 is 5.11 Å². The van der Waals surface area contributed by atoms with Crippen LogP contribution in [0.2, 0.25) is 0 Å². The molecule has 1 aromatic rings. The van der Waals surface area contributed by atoms with Gasteiger partial charge >= 0.3 is 0 Å². The Labute approximate surface area is 96.1 Å². The number of anilines is 1. The van der Waals surface area contributed by atoms with Crippen LogP contribution in [0, 0.1) is 0 Å². The first-order chi connectivity index (χ1) is 7.15. The Morgan fingerprint density at radius 2 is 2.47 bits per heavy atom. The van der Waals surface area contributed by atoms with Gasteiger partial charge in [-0.1, -0.05) is 0 Å². The van der Waals surface area contributed by atoms with Crippen molar-refractivity contribution >= 4 is 21.7 Å². The third kappa shape index (κ3) is 3.64. The molecule has 0 aliphatic rings. The predicted octanol–water partition coefficient (Wildman–Crippen LogP) is 1.11. The van der Waals surface area contributed by atoms with Crippen molar-refractivity contribution in [3.63, 3.8) is 0 Å². The Morgan fingerprint density at radius 3 is 3.13 bits per heavy atom. The second-order valence-corrected chi connectivity index (χ2v) is 4.10. The van der Waals surface area contributed by atoms with Crippen molar-refractivity contribution in [1.82, 2.24) is 9.97 Å². The molecule has 5 nitrogen and oxygen atoms in total. The summed E-state index contributed by atoms with van der Waals surface area (Å²) in [6.45, 7) is 2.15. The van der Waals surface area contributed by atoms with Crippen LogP contribution in [0.3, 0.4) is 0 Å². The third-order valence-corrected chi connectivity index (χ3v) is 2.71. The lowest BCUT2D eigenvalue weighted by atomic mass is 10.2. The van der Waals surface area contributed by atoms with Crippen molar-refractivity contribution in [2.75, 3.05) is 11.9 Å². The molecule has 1 rings (SSSR count). The fourth-order valence-corrected chi connectivity index (χ4v) is 1.52. The van der Waals surface area contributed by atoms with Gasteiger partial charge in [0.1, 0.15) is 10.3 Å². The molecule has 0 bridgehead atoms. The number of aliphatic hydroxyl groups is 1. The third-order valence-electron chi connectivity index (χ3n) is 1.97.